The Morgan fingerprint density at radius 2 is 2.04 bits per heavy atom. The van der Waals surface area contributed by atoms with Gasteiger partial charge in [0.25, 0.3) is 5.91 Å². The fraction of sp³-hybridized carbons (Fsp3) is 0.412. The van der Waals surface area contributed by atoms with Crippen molar-refractivity contribution < 1.29 is 13.2 Å². The zero-order valence-electron chi connectivity index (χ0n) is 13.5. The molecule has 1 saturated carbocycles. The number of nitrogens with one attached hydrogen (secondary N) is 1. The molecule has 1 amide bonds. The molecule has 0 spiro atoms. The van der Waals surface area contributed by atoms with Crippen molar-refractivity contribution in [2.75, 3.05) is 16.8 Å². The standard InChI is InChI=1S/C17H18BrN3O3S/c18-12-2-1-3-13(8-12)19-17(22)15-9-16(11-4-5-11)21(20-15)14-6-7-25(23,24)10-14/h1-3,8-9,11,14H,4-7,10H2,(H,19,22). The first-order valence-corrected chi connectivity index (χ1v) is 10.9. The van der Waals surface area contributed by atoms with Crippen molar-refractivity contribution in [1.29, 1.82) is 0 Å². The van der Waals surface area contributed by atoms with E-state index in [9.17, 15) is 13.2 Å². The minimum Gasteiger partial charge on any atom is -0.321 e. The number of amides is 1. The Labute approximate surface area is 154 Å². The van der Waals surface area contributed by atoms with Crippen molar-refractivity contribution in [3.05, 3.63) is 46.2 Å². The molecule has 25 heavy (non-hydrogen) atoms. The molecule has 1 aliphatic carbocycles. The number of hydrogen-bond acceptors (Lipinski definition) is 4. The maximum Gasteiger partial charge on any atom is 0.276 e. The van der Waals surface area contributed by atoms with E-state index < -0.39 is 9.84 Å². The third-order valence-electron chi connectivity index (χ3n) is 4.63. The summed E-state index contributed by atoms with van der Waals surface area (Å²) in [7, 11) is -3.00. The third-order valence-corrected chi connectivity index (χ3v) is 6.87. The highest BCUT2D eigenvalue weighted by atomic mass is 79.9. The molecule has 2 fully saturated rings. The van der Waals surface area contributed by atoms with Gasteiger partial charge in [-0.25, -0.2) is 8.42 Å². The van der Waals surface area contributed by atoms with Gasteiger partial charge in [0.1, 0.15) is 0 Å². The highest BCUT2D eigenvalue weighted by Crippen LogP contribution is 2.42. The fourth-order valence-electron chi connectivity index (χ4n) is 3.23. The van der Waals surface area contributed by atoms with Gasteiger partial charge in [0.05, 0.1) is 17.5 Å². The quantitative estimate of drug-likeness (QED) is 0.818. The summed E-state index contributed by atoms with van der Waals surface area (Å²) in [5, 5.41) is 7.31. The molecule has 1 N–H and O–H groups in total. The zero-order valence-corrected chi connectivity index (χ0v) is 15.9. The van der Waals surface area contributed by atoms with Gasteiger partial charge in [0, 0.05) is 21.8 Å². The molecule has 6 nitrogen and oxygen atoms in total. The van der Waals surface area contributed by atoms with Crippen LogP contribution >= 0.6 is 15.9 Å². The number of hydrogen-bond donors (Lipinski definition) is 1. The van der Waals surface area contributed by atoms with Crippen molar-refractivity contribution >= 4 is 37.4 Å². The predicted molar refractivity (Wildman–Crippen MR) is 98.6 cm³/mol. The summed E-state index contributed by atoms with van der Waals surface area (Å²) in [4.78, 5) is 12.6. The van der Waals surface area contributed by atoms with Crippen LogP contribution in [0.3, 0.4) is 0 Å². The van der Waals surface area contributed by atoms with Crippen molar-refractivity contribution in [3.8, 4) is 0 Å². The summed E-state index contributed by atoms with van der Waals surface area (Å²) in [6.45, 7) is 0. The molecule has 1 unspecified atom stereocenters. The summed E-state index contributed by atoms with van der Waals surface area (Å²) < 4.78 is 26.3. The molecule has 2 aliphatic rings. The van der Waals surface area contributed by atoms with Gasteiger partial charge in [0.15, 0.2) is 15.5 Å². The predicted octanol–water partition coefficient (Wildman–Crippen LogP) is 3.13. The van der Waals surface area contributed by atoms with Crippen molar-refractivity contribution in [3.63, 3.8) is 0 Å². The number of carbonyl (C=O) groups excluding carboxylic acids is 1. The number of aromatic nitrogens is 2. The van der Waals surface area contributed by atoms with Crippen LogP contribution in [-0.4, -0.2) is 35.6 Å². The van der Waals surface area contributed by atoms with Crippen LogP contribution < -0.4 is 5.32 Å². The second-order valence-corrected chi connectivity index (χ2v) is 9.84. The lowest BCUT2D eigenvalue weighted by Crippen LogP contribution is -2.17. The molecule has 4 rings (SSSR count). The SMILES string of the molecule is O=C(Nc1cccc(Br)c1)c1cc(C2CC2)n(C2CCS(=O)(=O)C2)n1. The molecule has 1 saturated heterocycles. The number of sulfone groups is 1. The highest BCUT2D eigenvalue weighted by molar-refractivity contribution is 9.10. The molecule has 1 atom stereocenters. The Morgan fingerprint density at radius 3 is 2.68 bits per heavy atom. The van der Waals surface area contributed by atoms with E-state index in [2.05, 4.69) is 26.3 Å². The second kappa shape index (κ2) is 6.25. The molecule has 1 aromatic carbocycles. The number of halogens is 1. The smallest absolute Gasteiger partial charge is 0.276 e. The van der Waals surface area contributed by atoms with Crippen molar-refractivity contribution in [2.24, 2.45) is 0 Å². The van der Waals surface area contributed by atoms with Crippen LogP contribution in [0.15, 0.2) is 34.8 Å². The normalized spacial score (nSPS) is 22.0. The lowest BCUT2D eigenvalue weighted by Gasteiger charge is -2.12. The molecule has 0 radical (unpaired) electrons. The van der Waals surface area contributed by atoms with Crippen LogP contribution in [0, 0.1) is 0 Å². The topological polar surface area (TPSA) is 81.1 Å². The van der Waals surface area contributed by atoms with Gasteiger partial charge in [-0.2, -0.15) is 5.10 Å². The number of carbonyl (C=O) groups is 1. The minimum absolute atomic E-state index is 0.112. The van der Waals surface area contributed by atoms with Gasteiger partial charge in [-0.05, 0) is 43.5 Å². The number of nitrogens with zero attached hydrogens (tertiary/aromatic N) is 2. The van der Waals surface area contributed by atoms with E-state index in [1.807, 2.05) is 30.3 Å². The summed E-state index contributed by atoms with van der Waals surface area (Å²) in [5.74, 6) is 0.422. The minimum atomic E-state index is -3.00. The molecule has 2 aromatic rings. The third kappa shape index (κ3) is 3.64. The van der Waals surface area contributed by atoms with Crippen molar-refractivity contribution in [2.45, 2.75) is 31.2 Å². The summed E-state index contributed by atoms with van der Waals surface area (Å²) in [5.41, 5.74) is 2.01. The summed E-state index contributed by atoms with van der Waals surface area (Å²) in [6, 6.07) is 9.02. The fourth-order valence-corrected chi connectivity index (χ4v) is 5.32. The Kier molecular flexibility index (Phi) is 4.19. The Morgan fingerprint density at radius 1 is 1.24 bits per heavy atom. The Balaban J connectivity index is 1.60. The van der Waals surface area contributed by atoms with E-state index in [4.69, 9.17) is 0 Å². The van der Waals surface area contributed by atoms with Gasteiger partial charge < -0.3 is 5.32 Å². The molecule has 0 bridgehead atoms. The Bertz CT molecular complexity index is 934. The van der Waals surface area contributed by atoms with Crippen LogP contribution in [0.5, 0.6) is 0 Å². The van der Waals surface area contributed by atoms with E-state index in [-0.39, 0.29) is 23.5 Å². The maximum atomic E-state index is 12.6. The Hall–Kier alpha value is -1.67. The number of benzene rings is 1. The first-order valence-electron chi connectivity index (χ1n) is 8.28. The van der Waals surface area contributed by atoms with Gasteiger partial charge in [-0.1, -0.05) is 22.0 Å². The molecule has 1 aromatic heterocycles. The molecular formula is C17H18BrN3O3S. The maximum absolute atomic E-state index is 12.6. The van der Waals surface area contributed by atoms with Crippen molar-refractivity contribution in [1.82, 2.24) is 9.78 Å². The van der Waals surface area contributed by atoms with Gasteiger partial charge in [-0.3, -0.25) is 9.48 Å². The first-order chi connectivity index (χ1) is 11.9. The molecule has 1 aliphatic heterocycles. The van der Waals surface area contributed by atoms with E-state index in [0.29, 0.717) is 23.7 Å². The number of rotatable bonds is 4. The van der Waals surface area contributed by atoms with E-state index in [1.165, 1.54) is 0 Å². The van der Waals surface area contributed by atoms with E-state index >= 15 is 0 Å². The van der Waals surface area contributed by atoms with Gasteiger partial charge >= 0.3 is 0 Å². The average molecular weight is 424 g/mol. The first kappa shape index (κ1) is 16.8. The summed E-state index contributed by atoms with van der Waals surface area (Å²) in [6.07, 6.45) is 2.70. The molecule has 132 valence electrons. The average Bonchev–Trinajstić information content (AvgIpc) is 3.19. The van der Waals surface area contributed by atoms with E-state index in [1.54, 1.807) is 4.68 Å². The van der Waals surface area contributed by atoms with Gasteiger partial charge in [0.2, 0.25) is 0 Å². The van der Waals surface area contributed by atoms with Crippen LogP contribution in [0.2, 0.25) is 0 Å². The second-order valence-electron chi connectivity index (χ2n) is 6.69. The largest absolute Gasteiger partial charge is 0.321 e. The highest BCUT2D eigenvalue weighted by Gasteiger charge is 2.36. The number of anilines is 1. The lowest BCUT2D eigenvalue weighted by molar-refractivity contribution is 0.102. The summed E-state index contributed by atoms with van der Waals surface area (Å²) >= 11 is 3.38. The van der Waals surface area contributed by atoms with E-state index in [0.717, 1.165) is 23.0 Å². The molecular weight excluding hydrogens is 406 g/mol. The van der Waals surface area contributed by atoms with Crippen LogP contribution in [0.4, 0.5) is 5.69 Å². The molecule has 8 heteroatoms. The lowest BCUT2D eigenvalue weighted by atomic mass is 10.2. The van der Waals surface area contributed by atoms with Crippen LogP contribution in [0.1, 0.15) is 47.4 Å². The van der Waals surface area contributed by atoms with Gasteiger partial charge in [-0.15, -0.1) is 0 Å². The monoisotopic (exact) mass is 423 g/mol. The van der Waals surface area contributed by atoms with Crippen LogP contribution in [0.25, 0.3) is 0 Å². The molecule has 2 heterocycles. The van der Waals surface area contributed by atoms with Crippen LogP contribution in [-0.2, 0) is 9.84 Å². The zero-order chi connectivity index (χ0) is 17.6.